The highest BCUT2D eigenvalue weighted by atomic mass is 32.2. The lowest BCUT2D eigenvalue weighted by molar-refractivity contribution is -0.137. The van der Waals surface area contributed by atoms with E-state index in [1.54, 1.807) is 42.7 Å². The van der Waals surface area contributed by atoms with Gasteiger partial charge in [0.25, 0.3) is 11.8 Å². The maximum absolute atomic E-state index is 12.9. The summed E-state index contributed by atoms with van der Waals surface area (Å²) in [5, 5.41) is 5.11. The van der Waals surface area contributed by atoms with Crippen molar-refractivity contribution >= 4 is 34.0 Å². The van der Waals surface area contributed by atoms with E-state index in [0.717, 1.165) is 17.7 Å². The van der Waals surface area contributed by atoms with Crippen LogP contribution in [0, 0.1) is 0 Å². The number of alkyl halides is 3. The zero-order chi connectivity index (χ0) is 23.3. The van der Waals surface area contributed by atoms with Gasteiger partial charge in [0, 0.05) is 45.3 Å². The van der Waals surface area contributed by atoms with E-state index in [0.29, 0.717) is 17.0 Å². The van der Waals surface area contributed by atoms with E-state index in [1.807, 2.05) is 0 Å². The molecule has 9 heteroatoms. The van der Waals surface area contributed by atoms with Gasteiger partial charge in [-0.25, -0.2) is 0 Å². The largest absolute Gasteiger partial charge is 0.416 e. The molecule has 0 fully saturated rings. The van der Waals surface area contributed by atoms with Crippen molar-refractivity contribution in [3.63, 3.8) is 0 Å². The number of carbonyl (C=O) groups is 2. The molecule has 3 rings (SSSR count). The first-order valence-electron chi connectivity index (χ1n) is 9.41. The highest BCUT2D eigenvalue weighted by Crippen LogP contribution is 2.30. The van der Waals surface area contributed by atoms with Crippen molar-refractivity contribution in [2.45, 2.75) is 11.9 Å². The Balaban J connectivity index is 1.72. The summed E-state index contributed by atoms with van der Waals surface area (Å²) in [5.41, 5.74) is 0.765. The van der Waals surface area contributed by atoms with Gasteiger partial charge in [-0.05, 0) is 54.1 Å². The summed E-state index contributed by atoms with van der Waals surface area (Å²) >= 11 is 0. The Bertz CT molecular complexity index is 1180. The Morgan fingerprint density at radius 1 is 0.812 bits per heavy atom. The van der Waals surface area contributed by atoms with Crippen LogP contribution in [-0.4, -0.2) is 22.3 Å². The third-order valence-electron chi connectivity index (χ3n) is 4.39. The second-order valence-corrected chi connectivity index (χ2v) is 8.42. The van der Waals surface area contributed by atoms with Crippen LogP contribution in [0.25, 0.3) is 0 Å². The third-order valence-corrected chi connectivity index (χ3v) is 5.13. The summed E-state index contributed by atoms with van der Waals surface area (Å²) in [6, 6.07) is 17.1. The first-order chi connectivity index (χ1) is 15.1. The van der Waals surface area contributed by atoms with Crippen LogP contribution in [0.5, 0.6) is 0 Å². The van der Waals surface area contributed by atoms with Crippen LogP contribution in [-0.2, 0) is 22.7 Å². The summed E-state index contributed by atoms with van der Waals surface area (Å²) < 4.78 is 50.0. The smallest absolute Gasteiger partial charge is 0.322 e. The molecule has 0 aliphatic carbocycles. The molecule has 0 aliphatic heterocycles. The zero-order valence-electron chi connectivity index (χ0n) is 16.9. The standard InChI is InChI=1S/C23H19F3N2O3S/c1-32(31)14-15-5-2-6-16(11-15)21(29)27-19-9-3-7-17(12-19)22(30)28-20-10-4-8-18(13-20)23(24,25)26/h2-13H,14H2,1H3,(H,27,29)(H,28,30). The van der Waals surface area contributed by atoms with Gasteiger partial charge >= 0.3 is 6.18 Å². The minimum Gasteiger partial charge on any atom is -0.322 e. The van der Waals surface area contributed by atoms with Crippen molar-refractivity contribution in [1.29, 1.82) is 0 Å². The minimum atomic E-state index is -4.52. The van der Waals surface area contributed by atoms with E-state index >= 15 is 0 Å². The van der Waals surface area contributed by atoms with Crippen LogP contribution in [0.15, 0.2) is 72.8 Å². The number of amides is 2. The fourth-order valence-corrected chi connectivity index (χ4v) is 3.60. The summed E-state index contributed by atoms with van der Waals surface area (Å²) in [7, 11) is -1.05. The SMILES string of the molecule is CS(=O)Cc1cccc(C(=O)Nc2cccc(C(=O)Nc3cccc(C(F)(F)F)c3)c2)c1. The molecule has 3 aromatic carbocycles. The molecule has 3 aromatic rings. The van der Waals surface area contributed by atoms with E-state index in [9.17, 15) is 27.0 Å². The molecule has 5 nitrogen and oxygen atoms in total. The molecule has 0 aliphatic rings. The number of halogens is 3. The molecule has 0 bridgehead atoms. The van der Waals surface area contributed by atoms with E-state index < -0.39 is 34.4 Å². The number of hydrogen-bond donors (Lipinski definition) is 2. The summed E-state index contributed by atoms with van der Waals surface area (Å²) in [6.07, 6.45) is -2.95. The van der Waals surface area contributed by atoms with Crippen LogP contribution in [0.1, 0.15) is 31.8 Å². The Labute approximate surface area is 185 Å². The molecule has 166 valence electrons. The number of anilines is 2. The lowest BCUT2D eigenvalue weighted by Crippen LogP contribution is -2.15. The molecular formula is C23H19F3N2O3S. The number of nitrogens with one attached hydrogen (secondary N) is 2. The molecule has 32 heavy (non-hydrogen) atoms. The monoisotopic (exact) mass is 460 g/mol. The number of hydrogen-bond acceptors (Lipinski definition) is 3. The average Bonchev–Trinajstić information content (AvgIpc) is 2.73. The van der Waals surface area contributed by atoms with Crippen molar-refractivity contribution in [1.82, 2.24) is 0 Å². The zero-order valence-corrected chi connectivity index (χ0v) is 17.7. The van der Waals surface area contributed by atoms with Gasteiger partial charge < -0.3 is 10.6 Å². The quantitative estimate of drug-likeness (QED) is 0.538. The summed E-state index contributed by atoms with van der Waals surface area (Å²) in [5.74, 6) is -0.705. The molecule has 0 spiro atoms. The van der Waals surface area contributed by atoms with Crippen LogP contribution in [0.2, 0.25) is 0 Å². The van der Waals surface area contributed by atoms with Crippen LogP contribution in [0.3, 0.4) is 0 Å². The predicted octanol–water partition coefficient (Wildman–Crippen LogP) is 5.09. The molecule has 1 atom stereocenters. The molecule has 2 amide bonds. The van der Waals surface area contributed by atoms with E-state index in [-0.39, 0.29) is 11.3 Å². The predicted molar refractivity (Wildman–Crippen MR) is 118 cm³/mol. The van der Waals surface area contributed by atoms with Gasteiger partial charge in [-0.15, -0.1) is 0 Å². The fraction of sp³-hybridized carbons (Fsp3) is 0.130. The summed E-state index contributed by atoms with van der Waals surface area (Å²) in [6.45, 7) is 0. The molecule has 0 heterocycles. The highest BCUT2D eigenvalue weighted by molar-refractivity contribution is 7.83. The number of rotatable bonds is 6. The Hall–Kier alpha value is -3.46. The lowest BCUT2D eigenvalue weighted by atomic mass is 10.1. The third kappa shape index (κ3) is 6.27. The van der Waals surface area contributed by atoms with Crippen molar-refractivity contribution in [3.8, 4) is 0 Å². The van der Waals surface area contributed by atoms with Gasteiger partial charge in [0.2, 0.25) is 0 Å². The van der Waals surface area contributed by atoms with Crippen molar-refractivity contribution in [2.75, 3.05) is 16.9 Å². The Kier molecular flexibility index (Phi) is 7.09. The van der Waals surface area contributed by atoms with Gasteiger partial charge in [0.05, 0.1) is 5.56 Å². The Morgan fingerprint density at radius 2 is 1.34 bits per heavy atom. The van der Waals surface area contributed by atoms with Gasteiger partial charge in [-0.3, -0.25) is 13.8 Å². The molecule has 2 N–H and O–H groups in total. The van der Waals surface area contributed by atoms with Crippen LogP contribution in [0.4, 0.5) is 24.5 Å². The maximum Gasteiger partial charge on any atom is 0.416 e. The van der Waals surface area contributed by atoms with Gasteiger partial charge in [-0.2, -0.15) is 13.2 Å². The number of benzene rings is 3. The van der Waals surface area contributed by atoms with Crippen LogP contribution < -0.4 is 10.6 Å². The first kappa shape index (κ1) is 23.2. The second-order valence-electron chi connectivity index (χ2n) is 6.99. The van der Waals surface area contributed by atoms with Gasteiger partial charge in [0.1, 0.15) is 0 Å². The molecule has 0 saturated heterocycles. The maximum atomic E-state index is 12.9. The average molecular weight is 460 g/mol. The molecule has 0 aromatic heterocycles. The Morgan fingerprint density at radius 3 is 1.94 bits per heavy atom. The van der Waals surface area contributed by atoms with E-state index in [2.05, 4.69) is 10.6 Å². The van der Waals surface area contributed by atoms with Gasteiger partial charge in [0.15, 0.2) is 0 Å². The summed E-state index contributed by atoms with van der Waals surface area (Å²) in [4.78, 5) is 25.1. The van der Waals surface area contributed by atoms with E-state index in [1.165, 1.54) is 24.3 Å². The highest BCUT2D eigenvalue weighted by Gasteiger charge is 2.30. The van der Waals surface area contributed by atoms with Crippen molar-refractivity contribution in [2.24, 2.45) is 0 Å². The molecule has 0 saturated carbocycles. The number of carbonyl (C=O) groups excluding carboxylic acids is 2. The van der Waals surface area contributed by atoms with Crippen LogP contribution >= 0.6 is 0 Å². The van der Waals surface area contributed by atoms with Crippen molar-refractivity contribution < 1.29 is 27.0 Å². The molecule has 1 unspecified atom stereocenters. The second kappa shape index (κ2) is 9.78. The van der Waals surface area contributed by atoms with Crippen molar-refractivity contribution in [3.05, 3.63) is 95.1 Å². The molecular weight excluding hydrogens is 441 g/mol. The molecule has 0 radical (unpaired) electrons. The van der Waals surface area contributed by atoms with E-state index in [4.69, 9.17) is 0 Å². The first-order valence-corrected chi connectivity index (χ1v) is 11.1. The normalized spacial score (nSPS) is 12.1. The topological polar surface area (TPSA) is 75.3 Å². The van der Waals surface area contributed by atoms with Gasteiger partial charge in [-0.1, -0.05) is 24.3 Å². The lowest BCUT2D eigenvalue weighted by Gasteiger charge is -2.11. The minimum absolute atomic E-state index is 0.00406. The fourth-order valence-electron chi connectivity index (χ4n) is 2.96.